The van der Waals surface area contributed by atoms with E-state index in [4.69, 9.17) is 4.74 Å². The zero-order chi connectivity index (χ0) is 12.1. The van der Waals surface area contributed by atoms with Crippen LogP contribution in [0.3, 0.4) is 0 Å². The fourth-order valence-electron chi connectivity index (χ4n) is 1.92. The monoisotopic (exact) mass is 220 g/mol. The van der Waals surface area contributed by atoms with Crippen LogP contribution in [0.25, 0.3) is 0 Å². The highest BCUT2D eigenvalue weighted by Gasteiger charge is 2.15. The summed E-state index contributed by atoms with van der Waals surface area (Å²) in [7, 11) is 1.69. The first-order chi connectivity index (χ1) is 7.61. The van der Waals surface area contributed by atoms with Crippen molar-refractivity contribution in [3.05, 3.63) is 29.3 Å². The summed E-state index contributed by atoms with van der Waals surface area (Å²) in [6.07, 6.45) is 1.50. The number of hydrogen-bond acceptors (Lipinski definition) is 2. The molecule has 0 aromatic heterocycles. The summed E-state index contributed by atoms with van der Waals surface area (Å²) in [6, 6.07) is 6.16. The molecular weight excluding hydrogens is 200 g/mol. The summed E-state index contributed by atoms with van der Waals surface area (Å²) >= 11 is 0. The van der Waals surface area contributed by atoms with Crippen LogP contribution in [-0.4, -0.2) is 13.4 Å². The molecule has 0 radical (unpaired) electrons. The van der Waals surface area contributed by atoms with Crippen LogP contribution in [-0.2, 0) is 4.79 Å². The fourth-order valence-corrected chi connectivity index (χ4v) is 1.92. The van der Waals surface area contributed by atoms with E-state index in [9.17, 15) is 4.79 Å². The lowest BCUT2D eigenvalue weighted by Gasteiger charge is -2.18. The average molecular weight is 220 g/mol. The van der Waals surface area contributed by atoms with Gasteiger partial charge in [-0.05, 0) is 23.0 Å². The predicted molar refractivity (Wildman–Crippen MR) is 66.2 cm³/mol. The van der Waals surface area contributed by atoms with Crippen LogP contribution in [0.4, 0.5) is 0 Å². The molecule has 0 aliphatic rings. The number of ether oxygens (including phenoxy) is 1. The first-order valence-electron chi connectivity index (χ1n) is 5.72. The molecule has 0 fully saturated rings. The summed E-state index contributed by atoms with van der Waals surface area (Å²) in [6.45, 7) is 6.34. The van der Waals surface area contributed by atoms with E-state index < -0.39 is 0 Å². The van der Waals surface area contributed by atoms with Crippen molar-refractivity contribution in [3.8, 4) is 5.75 Å². The largest absolute Gasteiger partial charge is 0.496 e. The quantitative estimate of drug-likeness (QED) is 0.710. The van der Waals surface area contributed by atoms with E-state index in [-0.39, 0.29) is 5.92 Å². The normalized spacial score (nSPS) is 12.6. The summed E-state index contributed by atoms with van der Waals surface area (Å²) in [5.74, 6) is 1.58. The Morgan fingerprint density at radius 1 is 1.25 bits per heavy atom. The highest BCUT2D eigenvalue weighted by molar-refractivity contribution is 5.54. The second kappa shape index (κ2) is 5.69. The van der Waals surface area contributed by atoms with Crippen molar-refractivity contribution in [2.45, 2.75) is 39.0 Å². The average Bonchev–Trinajstić information content (AvgIpc) is 2.28. The molecule has 0 saturated heterocycles. The van der Waals surface area contributed by atoms with Gasteiger partial charge in [-0.1, -0.05) is 39.0 Å². The minimum Gasteiger partial charge on any atom is -0.496 e. The number of aldehydes is 1. The smallest absolute Gasteiger partial charge is 0.125 e. The molecule has 1 aromatic carbocycles. The van der Waals surface area contributed by atoms with Crippen molar-refractivity contribution in [3.63, 3.8) is 0 Å². The van der Waals surface area contributed by atoms with E-state index in [1.54, 1.807) is 7.11 Å². The number of rotatable bonds is 5. The Morgan fingerprint density at radius 3 is 2.38 bits per heavy atom. The van der Waals surface area contributed by atoms with Gasteiger partial charge in [-0.3, -0.25) is 0 Å². The van der Waals surface area contributed by atoms with E-state index in [2.05, 4.69) is 26.8 Å². The van der Waals surface area contributed by atoms with E-state index >= 15 is 0 Å². The predicted octanol–water partition coefficient (Wildman–Crippen LogP) is 3.51. The number of carbonyl (C=O) groups excluding carboxylic acids is 1. The molecule has 0 aliphatic carbocycles. The second-order valence-electron chi connectivity index (χ2n) is 4.43. The van der Waals surface area contributed by atoms with Gasteiger partial charge < -0.3 is 9.53 Å². The molecule has 0 saturated carbocycles. The van der Waals surface area contributed by atoms with Gasteiger partial charge in [0.2, 0.25) is 0 Å². The minimum absolute atomic E-state index is 0.214. The summed E-state index contributed by atoms with van der Waals surface area (Å²) in [5, 5.41) is 0. The third kappa shape index (κ3) is 2.63. The van der Waals surface area contributed by atoms with E-state index in [0.717, 1.165) is 17.6 Å². The topological polar surface area (TPSA) is 26.3 Å². The number of benzene rings is 1. The molecule has 0 amide bonds. The van der Waals surface area contributed by atoms with Crippen molar-refractivity contribution in [2.75, 3.05) is 7.11 Å². The molecular formula is C14H20O2. The Bertz CT molecular complexity index is 356. The van der Waals surface area contributed by atoms with Gasteiger partial charge >= 0.3 is 0 Å². The van der Waals surface area contributed by atoms with Gasteiger partial charge in [-0.25, -0.2) is 0 Å². The summed E-state index contributed by atoms with van der Waals surface area (Å²) < 4.78 is 5.49. The minimum atomic E-state index is 0.214. The van der Waals surface area contributed by atoms with Crippen LogP contribution in [0.15, 0.2) is 18.2 Å². The van der Waals surface area contributed by atoms with Gasteiger partial charge in [-0.15, -0.1) is 0 Å². The SMILES string of the molecule is COc1c(C(C)C)cccc1C(C)CC=O. The molecule has 0 spiro atoms. The maximum Gasteiger partial charge on any atom is 0.125 e. The van der Waals surface area contributed by atoms with Crippen LogP contribution >= 0.6 is 0 Å². The van der Waals surface area contributed by atoms with Crippen LogP contribution in [0.1, 0.15) is 50.2 Å². The lowest BCUT2D eigenvalue weighted by atomic mass is 9.92. The standard InChI is InChI=1S/C14H20O2/c1-10(2)12-6-5-7-13(14(12)16-4)11(3)8-9-15/h5-7,9-11H,8H2,1-4H3. The zero-order valence-electron chi connectivity index (χ0n) is 10.5. The molecule has 0 N–H and O–H groups in total. The number of para-hydroxylation sites is 1. The third-order valence-corrected chi connectivity index (χ3v) is 2.88. The van der Waals surface area contributed by atoms with Gasteiger partial charge in [0, 0.05) is 6.42 Å². The van der Waals surface area contributed by atoms with Gasteiger partial charge in [0.1, 0.15) is 12.0 Å². The van der Waals surface area contributed by atoms with E-state index in [1.807, 2.05) is 12.1 Å². The van der Waals surface area contributed by atoms with Gasteiger partial charge in [0.15, 0.2) is 0 Å². The number of methoxy groups -OCH3 is 1. The van der Waals surface area contributed by atoms with Crippen LogP contribution in [0.2, 0.25) is 0 Å². The van der Waals surface area contributed by atoms with Crippen molar-refractivity contribution >= 4 is 6.29 Å². The fraction of sp³-hybridized carbons (Fsp3) is 0.500. The van der Waals surface area contributed by atoms with Gasteiger partial charge in [0.05, 0.1) is 7.11 Å². The molecule has 0 bridgehead atoms. The van der Waals surface area contributed by atoms with E-state index in [0.29, 0.717) is 12.3 Å². The van der Waals surface area contributed by atoms with Crippen molar-refractivity contribution in [2.24, 2.45) is 0 Å². The first kappa shape index (κ1) is 12.8. The number of hydrogen-bond donors (Lipinski definition) is 0. The lowest BCUT2D eigenvalue weighted by Crippen LogP contribution is -2.02. The molecule has 2 heteroatoms. The highest BCUT2D eigenvalue weighted by atomic mass is 16.5. The Morgan fingerprint density at radius 2 is 1.88 bits per heavy atom. The highest BCUT2D eigenvalue weighted by Crippen LogP contribution is 2.35. The number of carbonyl (C=O) groups is 1. The molecule has 0 aliphatic heterocycles. The van der Waals surface area contributed by atoms with Gasteiger partial charge in [0.25, 0.3) is 0 Å². The van der Waals surface area contributed by atoms with Crippen molar-refractivity contribution < 1.29 is 9.53 Å². The lowest BCUT2D eigenvalue weighted by molar-refractivity contribution is -0.108. The Hall–Kier alpha value is -1.31. The molecule has 0 heterocycles. The first-order valence-corrected chi connectivity index (χ1v) is 5.72. The zero-order valence-corrected chi connectivity index (χ0v) is 10.5. The second-order valence-corrected chi connectivity index (χ2v) is 4.43. The molecule has 2 nitrogen and oxygen atoms in total. The van der Waals surface area contributed by atoms with Crippen LogP contribution < -0.4 is 4.74 Å². The molecule has 88 valence electrons. The molecule has 1 rings (SSSR count). The molecule has 1 unspecified atom stereocenters. The van der Waals surface area contributed by atoms with Crippen molar-refractivity contribution in [1.29, 1.82) is 0 Å². The van der Waals surface area contributed by atoms with Crippen molar-refractivity contribution in [1.82, 2.24) is 0 Å². The maximum atomic E-state index is 10.6. The van der Waals surface area contributed by atoms with Crippen LogP contribution in [0, 0.1) is 0 Å². The molecule has 1 aromatic rings. The summed E-state index contributed by atoms with van der Waals surface area (Å²) in [4.78, 5) is 10.6. The Kier molecular flexibility index (Phi) is 4.53. The molecule has 16 heavy (non-hydrogen) atoms. The third-order valence-electron chi connectivity index (χ3n) is 2.88. The Balaban J connectivity index is 3.17. The molecule has 1 atom stereocenters. The maximum absolute atomic E-state index is 10.6. The van der Waals surface area contributed by atoms with E-state index in [1.165, 1.54) is 5.56 Å². The summed E-state index contributed by atoms with van der Waals surface area (Å²) in [5.41, 5.74) is 2.33. The Labute approximate surface area is 97.6 Å². The van der Waals surface area contributed by atoms with Crippen LogP contribution in [0.5, 0.6) is 5.75 Å². The van der Waals surface area contributed by atoms with Gasteiger partial charge in [-0.2, -0.15) is 0 Å².